The van der Waals surface area contributed by atoms with E-state index in [2.05, 4.69) is 42.3 Å². The molecule has 1 fully saturated rings. The Morgan fingerprint density at radius 2 is 1.97 bits per heavy atom. The predicted octanol–water partition coefficient (Wildman–Crippen LogP) is 1.25. The summed E-state index contributed by atoms with van der Waals surface area (Å²) in [4.78, 5) is 41.4. The highest BCUT2D eigenvalue weighted by atomic mass is 16.2. The fourth-order valence-corrected chi connectivity index (χ4v) is 4.18. The maximum Gasteiger partial charge on any atom is 0.332 e. The molecule has 0 saturated carbocycles. The van der Waals surface area contributed by atoms with E-state index in [4.69, 9.17) is 0 Å². The number of carbonyl (C=O) groups excluding carboxylic acids is 1. The van der Waals surface area contributed by atoms with Gasteiger partial charge in [0.15, 0.2) is 0 Å². The third-order valence-corrected chi connectivity index (χ3v) is 6.05. The summed E-state index contributed by atoms with van der Waals surface area (Å²) in [5.74, 6) is 0.433. The van der Waals surface area contributed by atoms with Crippen LogP contribution in [-0.2, 0) is 18.9 Å². The van der Waals surface area contributed by atoms with Crippen molar-refractivity contribution in [2.24, 2.45) is 20.0 Å². The number of nitrogens with zero attached hydrogens (tertiary/aromatic N) is 4. The third-order valence-electron chi connectivity index (χ3n) is 6.05. The molecule has 1 amide bonds. The Morgan fingerprint density at radius 1 is 1.19 bits per heavy atom. The van der Waals surface area contributed by atoms with Gasteiger partial charge in [0.1, 0.15) is 5.82 Å². The van der Waals surface area contributed by atoms with Crippen LogP contribution < -0.4 is 26.4 Å². The molecule has 2 heterocycles. The zero-order valence-electron chi connectivity index (χ0n) is 18.9. The number of likely N-dealkylation sites (N-methyl/N-ethyl adjacent to an activating group) is 1. The molecule has 0 aliphatic carbocycles. The highest BCUT2D eigenvalue weighted by Crippen LogP contribution is 2.21. The minimum atomic E-state index is -0.357. The second kappa shape index (κ2) is 9.85. The molecule has 0 spiro atoms. The lowest BCUT2D eigenvalue weighted by atomic mass is 9.97. The number of aryl methyl sites for hydroxylation is 1. The Labute approximate surface area is 183 Å². The van der Waals surface area contributed by atoms with E-state index in [0.717, 1.165) is 42.7 Å². The average molecular weight is 428 g/mol. The van der Waals surface area contributed by atoms with Crippen LogP contribution in [0, 0.1) is 12.8 Å². The van der Waals surface area contributed by atoms with Crippen molar-refractivity contribution in [1.82, 2.24) is 14.5 Å². The molecular weight excluding hydrogens is 394 g/mol. The van der Waals surface area contributed by atoms with Gasteiger partial charge in [-0.15, -0.1) is 0 Å². The van der Waals surface area contributed by atoms with E-state index in [1.54, 1.807) is 7.05 Å². The van der Waals surface area contributed by atoms with Crippen LogP contribution in [-0.4, -0.2) is 47.8 Å². The molecule has 0 bridgehead atoms. The molecule has 2 aromatic rings. The van der Waals surface area contributed by atoms with Gasteiger partial charge in [-0.1, -0.05) is 12.1 Å². The molecule has 3 rings (SSSR count). The number of hydrogen-bond acceptors (Lipinski definition) is 5. The molecule has 1 atom stereocenters. The van der Waals surface area contributed by atoms with Crippen molar-refractivity contribution in [3.05, 3.63) is 56.7 Å². The zero-order chi connectivity index (χ0) is 22.5. The smallest absolute Gasteiger partial charge is 0.332 e. The Bertz CT molecular complexity index is 1040. The summed E-state index contributed by atoms with van der Waals surface area (Å²) in [6, 6.07) is 9.84. The first kappa shape index (κ1) is 22.7. The van der Waals surface area contributed by atoms with Crippen LogP contribution in [0.25, 0.3) is 0 Å². The lowest BCUT2D eigenvalue weighted by Crippen LogP contribution is -2.47. The van der Waals surface area contributed by atoms with Crippen LogP contribution in [0.15, 0.2) is 39.9 Å². The summed E-state index contributed by atoms with van der Waals surface area (Å²) in [5, 5.41) is 3.08. The highest BCUT2D eigenvalue weighted by Gasteiger charge is 2.27. The SMILES string of the molecule is CCN(CCNC(=O)C1CCCN(c2cc(=O)n(C)c(=O)n2C)C1)c1cccc(C)c1. The van der Waals surface area contributed by atoms with Crippen molar-refractivity contribution in [3.8, 4) is 0 Å². The molecule has 0 radical (unpaired) electrons. The number of anilines is 2. The quantitative estimate of drug-likeness (QED) is 0.720. The Hall–Kier alpha value is -3.03. The van der Waals surface area contributed by atoms with E-state index in [1.807, 2.05) is 11.0 Å². The largest absolute Gasteiger partial charge is 0.370 e. The monoisotopic (exact) mass is 427 g/mol. The van der Waals surface area contributed by atoms with Gasteiger partial charge in [0.2, 0.25) is 5.91 Å². The van der Waals surface area contributed by atoms with Gasteiger partial charge in [0.25, 0.3) is 5.56 Å². The number of rotatable bonds is 7. The van der Waals surface area contributed by atoms with E-state index in [9.17, 15) is 14.4 Å². The predicted molar refractivity (Wildman–Crippen MR) is 124 cm³/mol. The first-order chi connectivity index (χ1) is 14.8. The molecule has 1 aliphatic rings. The number of aromatic nitrogens is 2. The van der Waals surface area contributed by atoms with Crippen LogP contribution in [0.5, 0.6) is 0 Å². The molecule has 31 heavy (non-hydrogen) atoms. The van der Waals surface area contributed by atoms with E-state index in [-0.39, 0.29) is 23.1 Å². The van der Waals surface area contributed by atoms with Crippen molar-refractivity contribution >= 4 is 17.4 Å². The number of carbonyl (C=O) groups is 1. The van der Waals surface area contributed by atoms with E-state index < -0.39 is 0 Å². The minimum Gasteiger partial charge on any atom is -0.370 e. The van der Waals surface area contributed by atoms with Crippen LogP contribution in [0.2, 0.25) is 0 Å². The van der Waals surface area contributed by atoms with Gasteiger partial charge in [0, 0.05) is 58.6 Å². The lowest BCUT2D eigenvalue weighted by molar-refractivity contribution is -0.125. The zero-order valence-corrected chi connectivity index (χ0v) is 18.9. The van der Waals surface area contributed by atoms with Gasteiger partial charge in [-0.25, -0.2) is 4.79 Å². The molecular formula is C23H33N5O3. The van der Waals surface area contributed by atoms with Gasteiger partial charge in [-0.05, 0) is 44.4 Å². The summed E-state index contributed by atoms with van der Waals surface area (Å²) in [7, 11) is 3.13. The molecule has 168 valence electrons. The molecule has 1 unspecified atom stereocenters. The normalized spacial score (nSPS) is 16.3. The van der Waals surface area contributed by atoms with Crippen molar-refractivity contribution in [3.63, 3.8) is 0 Å². The summed E-state index contributed by atoms with van der Waals surface area (Å²) < 4.78 is 2.56. The van der Waals surface area contributed by atoms with Gasteiger partial charge in [-0.3, -0.25) is 18.7 Å². The summed E-state index contributed by atoms with van der Waals surface area (Å²) in [5.41, 5.74) is 1.69. The van der Waals surface area contributed by atoms with Crippen molar-refractivity contribution < 1.29 is 4.79 Å². The molecule has 1 aromatic carbocycles. The fraction of sp³-hybridized carbons (Fsp3) is 0.522. The van der Waals surface area contributed by atoms with Gasteiger partial charge in [-0.2, -0.15) is 0 Å². The molecule has 8 heteroatoms. The fourth-order valence-electron chi connectivity index (χ4n) is 4.18. The second-order valence-electron chi connectivity index (χ2n) is 8.24. The molecule has 1 N–H and O–H groups in total. The Morgan fingerprint density at radius 3 is 2.68 bits per heavy atom. The van der Waals surface area contributed by atoms with Crippen LogP contribution in [0.4, 0.5) is 11.5 Å². The Balaban J connectivity index is 1.60. The standard InChI is InChI=1S/C23H33N5O3/c1-5-27(19-10-6-8-17(2)14-19)13-11-24-22(30)18-9-7-12-28(16-18)20-15-21(29)26(4)23(31)25(20)3/h6,8,10,14-15,18H,5,7,9,11-13,16H2,1-4H3,(H,24,30). The van der Waals surface area contributed by atoms with Crippen molar-refractivity contribution in [2.45, 2.75) is 26.7 Å². The van der Waals surface area contributed by atoms with E-state index >= 15 is 0 Å². The third kappa shape index (κ3) is 5.18. The number of nitrogens with one attached hydrogen (secondary N) is 1. The maximum absolute atomic E-state index is 12.8. The summed E-state index contributed by atoms with van der Waals surface area (Å²) in [6.07, 6.45) is 1.64. The minimum absolute atomic E-state index is 0.0267. The number of hydrogen-bond donors (Lipinski definition) is 1. The lowest BCUT2D eigenvalue weighted by Gasteiger charge is -2.34. The van der Waals surface area contributed by atoms with Crippen LogP contribution in [0.3, 0.4) is 0 Å². The number of amides is 1. The van der Waals surface area contributed by atoms with Crippen LogP contribution >= 0.6 is 0 Å². The molecule has 8 nitrogen and oxygen atoms in total. The first-order valence-electron chi connectivity index (χ1n) is 10.9. The maximum atomic E-state index is 12.8. The molecule has 1 aromatic heterocycles. The van der Waals surface area contributed by atoms with E-state index in [1.165, 1.54) is 23.2 Å². The van der Waals surface area contributed by atoms with E-state index in [0.29, 0.717) is 18.9 Å². The van der Waals surface area contributed by atoms with Crippen molar-refractivity contribution in [2.75, 3.05) is 42.5 Å². The molecule has 1 saturated heterocycles. The summed E-state index contributed by atoms with van der Waals surface area (Å²) in [6.45, 7) is 7.59. The second-order valence-corrected chi connectivity index (χ2v) is 8.24. The molecule has 1 aliphatic heterocycles. The summed E-state index contributed by atoms with van der Waals surface area (Å²) >= 11 is 0. The van der Waals surface area contributed by atoms with Crippen LogP contribution in [0.1, 0.15) is 25.3 Å². The van der Waals surface area contributed by atoms with Crippen molar-refractivity contribution in [1.29, 1.82) is 0 Å². The van der Waals surface area contributed by atoms with Gasteiger partial charge < -0.3 is 15.1 Å². The average Bonchev–Trinajstić information content (AvgIpc) is 2.77. The first-order valence-corrected chi connectivity index (χ1v) is 10.9. The number of benzene rings is 1. The highest BCUT2D eigenvalue weighted by molar-refractivity contribution is 5.79. The topological polar surface area (TPSA) is 79.6 Å². The Kier molecular flexibility index (Phi) is 7.20. The van der Waals surface area contributed by atoms with Gasteiger partial charge in [0.05, 0.1) is 5.92 Å². The van der Waals surface area contributed by atoms with Gasteiger partial charge >= 0.3 is 5.69 Å². The number of piperidine rings is 1.